The highest BCUT2D eigenvalue weighted by atomic mass is 35.5. The van der Waals surface area contributed by atoms with Crippen LogP contribution in [0.4, 0.5) is 0 Å². The van der Waals surface area contributed by atoms with Crippen molar-refractivity contribution in [1.82, 2.24) is 14.9 Å². The first-order valence-corrected chi connectivity index (χ1v) is 6.77. The van der Waals surface area contributed by atoms with Crippen LogP contribution in [0.1, 0.15) is 24.2 Å². The van der Waals surface area contributed by atoms with E-state index in [4.69, 9.17) is 23.2 Å². The van der Waals surface area contributed by atoms with E-state index in [1.54, 1.807) is 6.07 Å². The van der Waals surface area contributed by atoms with Crippen LogP contribution < -0.4 is 5.32 Å². The van der Waals surface area contributed by atoms with Crippen LogP contribution in [0.2, 0.25) is 10.0 Å². The fourth-order valence-corrected chi connectivity index (χ4v) is 2.52. The molecule has 0 saturated heterocycles. The first kappa shape index (κ1) is 12.8. The van der Waals surface area contributed by atoms with E-state index in [0.29, 0.717) is 10.0 Å². The van der Waals surface area contributed by atoms with Gasteiger partial charge in [-0.25, -0.2) is 0 Å². The smallest absolute Gasteiger partial charge is 0.0970 e. The van der Waals surface area contributed by atoms with Crippen molar-refractivity contribution in [3.8, 4) is 0 Å². The average Bonchev–Trinajstić information content (AvgIpc) is 2.84. The number of halogens is 2. The van der Waals surface area contributed by atoms with Gasteiger partial charge in [0.15, 0.2) is 0 Å². The number of hydrogen-bond donors (Lipinski definition) is 1. The van der Waals surface area contributed by atoms with Crippen LogP contribution in [0.25, 0.3) is 0 Å². The van der Waals surface area contributed by atoms with Crippen molar-refractivity contribution in [2.24, 2.45) is 0 Å². The molecule has 0 aliphatic rings. The molecule has 0 radical (unpaired) electrons. The second-order valence-electron chi connectivity index (χ2n) is 3.46. The fourth-order valence-electron chi connectivity index (χ4n) is 1.62. The molecule has 2 rings (SSSR count). The van der Waals surface area contributed by atoms with Gasteiger partial charge in [-0.1, -0.05) is 46.7 Å². The maximum Gasteiger partial charge on any atom is 0.0970 e. The van der Waals surface area contributed by atoms with Crippen LogP contribution in [0, 0.1) is 0 Å². The Morgan fingerprint density at radius 3 is 2.88 bits per heavy atom. The standard InChI is InChI=1S/C11H11Cl2N3S/c1-2-14-11(9-6-17-16-15-9)7-4-3-5-8(12)10(7)13/h3-6,11,14H,2H2,1H3. The third kappa shape index (κ3) is 2.77. The molecule has 0 aliphatic heterocycles. The van der Waals surface area contributed by atoms with Crippen molar-refractivity contribution >= 4 is 34.7 Å². The predicted octanol–water partition coefficient (Wildman–Crippen LogP) is 3.54. The molecule has 6 heteroatoms. The second kappa shape index (κ2) is 5.78. The van der Waals surface area contributed by atoms with Gasteiger partial charge in [0.05, 0.1) is 21.8 Å². The van der Waals surface area contributed by atoms with Crippen LogP contribution in [-0.4, -0.2) is 16.1 Å². The lowest BCUT2D eigenvalue weighted by atomic mass is 10.0. The minimum Gasteiger partial charge on any atom is -0.305 e. The minimum atomic E-state index is -0.0649. The molecule has 0 aliphatic carbocycles. The molecule has 1 aromatic carbocycles. The van der Waals surface area contributed by atoms with Crippen LogP contribution >= 0.6 is 34.7 Å². The summed E-state index contributed by atoms with van der Waals surface area (Å²) in [4.78, 5) is 0. The topological polar surface area (TPSA) is 37.8 Å². The SMILES string of the molecule is CCNC(c1csnn1)c1cccc(Cl)c1Cl. The molecular weight excluding hydrogens is 277 g/mol. The lowest BCUT2D eigenvalue weighted by Crippen LogP contribution is -2.22. The zero-order valence-electron chi connectivity index (χ0n) is 9.15. The van der Waals surface area contributed by atoms with Crippen molar-refractivity contribution in [2.45, 2.75) is 13.0 Å². The van der Waals surface area contributed by atoms with Crippen LogP contribution in [-0.2, 0) is 0 Å². The van der Waals surface area contributed by atoms with Gasteiger partial charge in [0.1, 0.15) is 0 Å². The fraction of sp³-hybridized carbons (Fsp3) is 0.273. The summed E-state index contributed by atoms with van der Waals surface area (Å²) in [5, 5.41) is 10.4. The summed E-state index contributed by atoms with van der Waals surface area (Å²) in [7, 11) is 0. The van der Waals surface area contributed by atoms with E-state index in [1.165, 1.54) is 11.5 Å². The Morgan fingerprint density at radius 1 is 1.41 bits per heavy atom. The van der Waals surface area contributed by atoms with E-state index in [1.807, 2.05) is 24.4 Å². The molecule has 1 heterocycles. The van der Waals surface area contributed by atoms with Crippen LogP contribution in [0.3, 0.4) is 0 Å². The Morgan fingerprint density at radius 2 is 2.24 bits per heavy atom. The van der Waals surface area contributed by atoms with Gasteiger partial charge in [-0.15, -0.1) is 5.10 Å². The molecule has 0 amide bonds. The van der Waals surface area contributed by atoms with E-state index in [9.17, 15) is 0 Å². The van der Waals surface area contributed by atoms with Gasteiger partial charge in [-0.2, -0.15) is 0 Å². The number of rotatable bonds is 4. The molecule has 90 valence electrons. The molecule has 0 spiro atoms. The Balaban J connectivity index is 2.43. The Hall–Kier alpha value is -0.680. The van der Waals surface area contributed by atoms with E-state index in [0.717, 1.165) is 17.8 Å². The van der Waals surface area contributed by atoms with Gasteiger partial charge in [0, 0.05) is 5.38 Å². The summed E-state index contributed by atoms with van der Waals surface area (Å²) in [6.07, 6.45) is 0. The minimum absolute atomic E-state index is 0.0649. The van der Waals surface area contributed by atoms with Gasteiger partial charge in [0.2, 0.25) is 0 Å². The molecule has 3 nitrogen and oxygen atoms in total. The molecule has 1 unspecified atom stereocenters. The second-order valence-corrected chi connectivity index (χ2v) is 4.86. The van der Waals surface area contributed by atoms with Crippen molar-refractivity contribution in [1.29, 1.82) is 0 Å². The van der Waals surface area contributed by atoms with E-state index in [-0.39, 0.29) is 6.04 Å². The van der Waals surface area contributed by atoms with E-state index in [2.05, 4.69) is 14.9 Å². The summed E-state index contributed by atoms with van der Waals surface area (Å²) in [5.74, 6) is 0. The largest absolute Gasteiger partial charge is 0.305 e. The zero-order valence-corrected chi connectivity index (χ0v) is 11.5. The predicted molar refractivity (Wildman–Crippen MR) is 71.9 cm³/mol. The number of nitrogens with zero attached hydrogens (tertiary/aromatic N) is 2. The highest BCUT2D eigenvalue weighted by Gasteiger charge is 2.19. The summed E-state index contributed by atoms with van der Waals surface area (Å²) >= 11 is 13.6. The number of nitrogens with one attached hydrogen (secondary N) is 1. The monoisotopic (exact) mass is 287 g/mol. The maximum atomic E-state index is 6.22. The molecule has 1 atom stereocenters. The molecule has 17 heavy (non-hydrogen) atoms. The van der Waals surface area contributed by atoms with Gasteiger partial charge in [-0.3, -0.25) is 0 Å². The average molecular weight is 288 g/mol. The maximum absolute atomic E-state index is 6.22. The van der Waals surface area contributed by atoms with Crippen molar-refractivity contribution < 1.29 is 0 Å². The highest BCUT2D eigenvalue weighted by Crippen LogP contribution is 2.32. The summed E-state index contributed by atoms with van der Waals surface area (Å²) in [6.45, 7) is 2.84. The van der Waals surface area contributed by atoms with Gasteiger partial charge in [-0.05, 0) is 29.7 Å². The number of benzene rings is 1. The number of aromatic nitrogens is 2. The van der Waals surface area contributed by atoms with Crippen molar-refractivity contribution in [3.63, 3.8) is 0 Å². The van der Waals surface area contributed by atoms with Crippen LogP contribution in [0.5, 0.6) is 0 Å². The Kier molecular flexibility index (Phi) is 4.34. The quantitative estimate of drug-likeness (QED) is 0.935. The third-order valence-electron chi connectivity index (χ3n) is 2.37. The van der Waals surface area contributed by atoms with Crippen LogP contribution in [0.15, 0.2) is 23.6 Å². The summed E-state index contributed by atoms with van der Waals surface area (Å²) < 4.78 is 3.88. The van der Waals surface area contributed by atoms with Gasteiger partial charge in [0.25, 0.3) is 0 Å². The van der Waals surface area contributed by atoms with Gasteiger partial charge >= 0.3 is 0 Å². The molecular formula is C11H11Cl2N3S. The molecule has 1 aromatic heterocycles. The molecule has 0 fully saturated rings. The Labute approximate surface area is 114 Å². The molecule has 1 N–H and O–H groups in total. The molecule has 0 bridgehead atoms. The van der Waals surface area contributed by atoms with Crippen molar-refractivity contribution in [2.75, 3.05) is 6.54 Å². The molecule has 0 saturated carbocycles. The summed E-state index contributed by atoms with van der Waals surface area (Å²) in [6, 6.07) is 5.54. The van der Waals surface area contributed by atoms with Crippen molar-refractivity contribution in [3.05, 3.63) is 44.9 Å². The lowest BCUT2D eigenvalue weighted by molar-refractivity contribution is 0.614. The third-order valence-corrected chi connectivity index (χ3v) is 3.73. The molecule has 2 aromatic rings. The van der Waals surface area contributed by atoms with E-state index >= 15 is 0 Å². The Bertz CT molecular complexity index is 487. The normalized spacial score (nSPS) is 12.6. The summed E-state index contributed by atoms with van der Waals surface area (Å²) in [5.41, 5.74) is 1.79. The first-order chi connectivity index (χ1) is 8.24. The van der Waals surface area contributed by atoms with E-state index < -0.39 is 0 Å². The zero-order chi connectivity index (χ0) is 12.3. The number of hydrogen-bond acceptors (Lipinski definition) is 4. The van der Waals surface area contributed by atoms with Gasteiger partial charge < -0.3 is 5.32 Å². The first-order valence-electron chi connectivity index (χ1n) is 5.18. The highest BCUT2D eigenvalue weighted by molar-refractivity contribution is 7.03. The lowest BCUT2D eigenvalue weighted by Gasteiger charge is -2.17.